The van der Waals surface area contributed by atoms with Crippen molar-refractivity contribution in [2.45, 2.75) is 57.5 Å². The maximum absolute atomic E-state index is 12.2. The highest BCUT2D eigenvalue weighted by Gasteiger charge is 2.21. The van der Waals surface area contributed by atoms with Gasteiger partial charge < -0.3 is 15.8 Å². The Morgan fingerprint density at radius 2 is 1.96 bits per heavy atom. The predicted molar refractivity (Wildman–Crippen MR) is 96.1 cm³/mol. The van der Waals surface area contributed by atoms with Gasteiger partial charge in [0.15, 0.2) is 0 Å². The van der Waals surface area contributed by atoms with Gasteiger partial charge in [0, 0.05) is 18.5 Å². The normalized spacial score (nSPS) is 21.9. The van der Waals surface area contributed by atoms with E-state index in [0.29, 0.717) is 24.4 Å². The van der Waals surface area contributed by atoms with E-state index >= 15 is 0 Å². The van der Waals surface area contributed by atoms with Crippen molar-refractivity contribution in [3.8, 4) is 5.75 Å². The van der Waals surface area contributed by atoms with Crippen LogP contribution in [0.25, 0.3) is 0 Å². The highest BCUT2D eigenvalue weighted by molar-refractivity contribution is 5.85. The molecule has 1 aromatic carbocycles. The van der Waals surface area contributed by atoms with E-state index in [0.717, 1.165) is 43.4 Å². The van der Waals surface area contributed by atoms with Crippen molar-refractivity contribution in [1.29, 1.82) is 0 Å². The Hall–Kier alpha value is -1.26. The first-order valence-electron chi connectivity index (χ1n) is 8.25. The van der Waals surface area contributed by atoms with Crippen LogP contribution in [0, 0.1) is 5.92 Å². The molecule has 4 nitrogen and oxygen atoms in total. The molecule has 1 aliphatic rings. The van der Waals surface area contributed by atoms with Gasteiger partial charge in [-0.3, -0.25) is 4.79 Å². The highest BCUT2D eigenvalue weighted by atomic mass is 35.5. The fourth-order valence-corrected chi connectivity index (χ4v) is 3.19. The van der Waals surface area contributed by atoms with Gasteiger partial charge in [-0.2, -0.15) is 0 Å². The molecule has 1 fully saturated rings. The smallest absolute Gasteiger partial charge is 0.220 e. The lowest BCUT2D eigenvalue weighted by atomic mass is 9.91. The number of halogens is 1. The van der Waals surface area contributed by atoms with Gasteiger partial charge >= 0.3 is 0 Å². The van der Waals surface area contributed by atoms with E-state index in [-0.39, 0.29) is 18.3 Å². The van der Waals surface area contributed by atoms with E-state index in [9.17, 15) is 4.79 Å². The first-order chi connectivity index (χ1) is 10.6. The molecule has 1 aliphatic carbocycles. The molecule has 2 rings (SSSR count). The number of para-hydroxylation sites is 1. The molecule has 1 saturated carbocycles. The zero-order valence-corrected chi connectivity index (χ0v) is 14.9. The van der Waals surface area contributed by atoms with E-state index in [1.54, 1.807) is 7.11 Å². The molecule has 1 atom stereocenters. The van der Waals surface area contributed by atoms with Crippen LogP contribution in [0.3, 0.4) is 0 Å². The summed E-state index contributed by atoms with van der Waals surface area (Å²) in [7, 11) is 1.68. The Balaban J connectivity index is 0.00000264. The van der Waals surface area contributed by atoms with E-state index in [4.69, 9.17) is 10.5 Å². The molecule has 0 spiro atoms. The Labute approximate surface area is 145 Å². The van der Waals surface area contributed by atoms with E-state index < -0.39 is 0 Å². The average Bonchev–Trinajstić information content (AvgIpc) is 2.50. The van der Waals surface area contributed by atoms with Gasteiger partial charge in [-0.25, -0.2) is 0 Å². The van der Waals surface area contributed by atoms with Gasteiger partial charge in [0.05, 0.1) is 7.11 Å². The lowest BCUT2D eigenvalue weighted by molar-refractivity contribution is -0.122. The number of benzene rings is 1. The zero-order chi connectivity index (χ0) is 15.9. The van der Waals surface area contributed by atoms with Gasteiger partial charge in [-0.1, -0.05) is 25.1 Å². The maximum atomic E-state index is 12.2. The molecule has 0 radical (unpaired) electrons. The van der Waals surface area contributed by atoms with Gasteiger partial charge in [0.25, 0.3) is 0 Å². The van der Waals surface area contributed by atoms with Crippen molar-refractivity contribution >= 4 is 18.3 Å². The van der Waals surface area contributed by atoms with Gasteiger partial charge in [0.1, 0.15) is 5.75 Å². The first-order valence-corrected chi connectivity index (χ1v) is 8.25. The number of ether oxygens (including phenoxy) is 1. The molecule has 0 heterocycles. The molecule has 0 aliphatic heterocycles. The van der Waals surface area contributed by atoms with E-state index in [1.165, 1.54) is 0 Å². The maximum Gasteiger partial charge on any atom is 0.220 e. The third-order valence-corrected chi connectivity index (χ3v) is 4.43. The summed E-state index contributed by atoms with van der Waals surface area (Å²) < 4.78 is 5.37. The molecule has 23 heavy (non-hydrogen) atoms. The minimum absolute atomic E-state index is 0. The first kappa shape index (κ1) is 19.8. The summed E-state index contributed by atoms with van der Waals surface area (Å²) in [5, 5.41) is 3.16. The molecule has 1 amide bonds. The summed E-state index contributed by atoms with van der Waals surface area (Å²) >= 11 is 0. The van der Waals surface area contributed by atoms with Gasteiger partial charge in [0.2, 0.25) is 5.91 Å². The topological polar surface area (TPSA) is 64.3 Å². The van der Waals surface area contributed by atoms with Crippen LogP contribution in [0.4, 0.5) is 0 Å². The van der Waals surface area contributed by atoms with Crippen LogP contribution in [-0.4, -0.2) is 25.1 Å². The molecule has 130 valence electrons. The number of hydrogen-bond acceptors (Lipinski definition) is 3. The monoisotopic (exact) mass is 340 g/mol. The molecule has 5 heteroatoms. The van der Waals surface area contributed by atoms with Gasteiger partial charge in [-0.15, -0.1) is 12.4 Å². The number of amides is 1. The number of nitrogens with one attached hydrogen (secondary N) is 1. The van der Waals surface area contributed by atoms with Crippen molar-refractivity contribution < 1.29 is 9.53 Å². The van der Waals surface area contributed by atoms with Crippen molar-refractivity contribution in [2.75, 3.05) is 7.11 Å². The summed E-state index contributed by atoms with van der Waals surface area (Å²) in [4.78, 5) is 12.2. The van der Waals surface area contributed by atoms with Crippen molar-refractivity contribution in [1.82, 2.24) is 5.32 Å². The molecule has 0 saturated heterocycles. The SMILES string of the molecule is COc1ccccc1CC(C)CC(=O)NC1CCC(N)CC1.Cl. The molecule has 3 N–H and O–H groups in total. The van der Waals surface area contributed by atoms with Gasteiger partial charge in [-0.05, 0) is 49.7 Å². The van der Waals surface area contributed by atoms with Crippen LogP contribution in [0.1, 0.15) is 44.6 Å². The summed E-state index contributed by atoms with van der Waals surface area (Å²) in [5.41, 5.74) is 7.06. The molecule has 0 aromatic heterocycles. The van der Waals surface area contributed by atoms with Crippen LogP contribution < -0.4 is 15.8 Å². The number of hydrogen-bond donors (Lipinski definition) is 2. The molecular weight excluding hydrogens is 312 g/mol. The Morgan fingerprint density at radius 3 is 2.61 bits per heavy atom. The average molecular weight is 341 g/mol. The number of rotatable bonds is 6. The minimum atomic E-state index is 0. The van der Waals surface area contributed by atoms with Crippen LogP contribution in [0.5, 0.6) is 5.75 Å². The number of carbonyl (C=O) groups is 1. The number of methoxy groups -OCH3 is 1. The number of nitrogens with two attached hydrogens (primary N) is 1. The summed E-state index contributed by atoms with van der Waals surface area (Å²) in [5.74, 6) is 1.35. The standard InChI is InChI=1S/C18H28N2O2.ClH/c1-13(11-14-5-3-4-6-17(14)22-2)12-18(21)20-16-9-7-15(19)8-10-16;/h3-6,13,15-16H,7-12,19H2,1-2H3,(H,20,21);1H. The number of carbonyl (C=O) groups excluding carboxylic acids is 1. The van der Waals surface area contributed by atoms with Crippen LogP contribution >= 0.6 is 12.4 Å². The zero-order valence-electron chi connectivity index (χ0n) is 14.1. The lowest BCUT2D eigenvalue weighted by Gasteiger charge is -2.27. The lowest BCUT2D eigenvalue weighted by Crippen LogP contribution is -2.40. The fourth-order valence-electron chi connectivity index (χ4n) is 3.19. The van der Waals surface area contributed by atoms with Crippen molar-refractivity contribution in [2.24, 2.45) is 11.7 Å². The largest absolute Gasteiger partial charge is 0.496 e. The Morgan fingerprint density at radius 1 is 1.30 bits per heavy atom. The quantitative estimate of drug-likeness (QED) is 0.836. The third-order valence-electron chi connectivity index (χ3n) is 4.43. The molecular formula is C18H29ClN2O2. The summed E-state index contributed by atoms with van der Waals surface area (Å²) in [6.07, 6.45) is 5.46. The Bertz CT molecular complexity index is 488. The summed E-state index contributed by atoms with van der Waals surface area (Å²) in [6, 6.07) is 8.63. The molecule has 1 unspecified atom stereocenters. The predicted octanol–water partition coefficient (Wildman–Crippen LogP) is 3.07. The van der Waals surface area contributed by atoms with Crippen LogP contribution in [-0.2, 0) is 11.2 Å². The fraction of sp³-hybridized carbons (Fsp3) is 0.611. The van der Waals surface area contributed by atoms with E-state index in [2.05, 4.69) is 18.3 Å². The molecule has 0 bridgehead atoms. The van der Waals surface area contributed by atoms with E-state index in [1.807, 2.05) is 18.2 Å². The second-order valence-electron chi connectivity index (χ2n) is 6.50. The summed E-state index contributed by atoms with van der Waals surface area (Å²) in [6.45, 7) is 2.11. The highest BCUT2D eigenvalue weighted by Crippen LogP contribution is 2.22. The van der Waals surface area contributed by atoms with Crippen LogP contribution in [0.2, 0.25) is 0 Å². The Kier molecular flexibility index (Phi) is 8.42. The third kappa shape index (κ3) is 6.40. The molecule has 1 aromatic rings. The minimum Gasteiger partial charge on any atom is -0.496 e. The van der Waals surface area contributed by atoms with Crippen molar-refractivity contribution in [3.63, 3.8) is 0 Å². The second-order valence-corrected chi connectivity index (χ2v) is 6.50. The van der Waals surface area contributed by atoms with Crippen LogP contribution in [0.15, 0.2) is 24.3 Å². The second kappa shape index (κ2) is 9.78. The van der Waals surface area contributed by atoms with Crippen molar-refractivity contribution in [3.05, 3.63) is 29.8 Å².